The van der Waals surface area contributed by atoms with Gasteiger partial charge in [-0.2, -0.15) is 0 Å². The molecule has 1 unspecified atom stereocenters. The first-order chi connectivity index (χ1) is 18.0. The van der Waals surface area contributed by atoms with E-state index in [9.17, 15) is 4.79 Å². The molecule has 206 valence electrons. The second-order valence-corrected chi connectivity index (χ2v) is 10.2. The molecule has 0 aromatic heterocycles. The Morgan fingerprint density at radius 3 is 2.46 bits per heavy atom. The van der Waals surface area contributed by atoms with E-state index in [1.807, 2.05) is 13.0 Å². The predicted molar refractivity (Wildman–Crippen MR) is 162 cm³/mol. The SMILES string of the molecule is C=CC.CCC/C=C\N/C1=C(\C=C(/CCCC(C)CC)C(=O)NCCc2ccccc2)CCCCCC1. The fourth-order valence-electron chi connectivity index (χ4n) is 4.40. The molecule has 3 nitrogen and oxygen atoms in total. The van der Waals surface area contributed by atoms with Gasteiger partial charge in [0.05, 0.1) is 0 Å². The molecule has 0 radical (unpaired) electrons. The fraction of sp³-hybridized carbons (Fsp3) is 0.559. The molecule has 1 aromatic carbocycles. The van der Waals surface area contributed by atoms with Crippen LogP contribution in [0.2, 0.25) is 0 Å². The molecule has 2 N–H and O–H groups in total. The van der Waals surface area contributed by atoms with Crippen molar-refractivity contribution in [3.05, 3.63) is 83.7 Å². The standard InChI is InChI=1S/C31H48N2O.C3H6/c1-4-6-14-23-32-30-21-13-8-7-12-19-28(30)25-29(20-15-16-26(3)5-2)31(34)33-24-22-27-17-10-9-11-18-27;1-3-2/h9-11,14,17-18,23,25-26,32H,4-8,12-13,15-16,19-22,24H2,1-3H3,(H,33,34);3H,1H2,2H3/b23-14-,29-25+,30-28-;. The van der Waals surface area contributed by atoms with Crippen LogP contribution in [0.15, 0.2) is 78.2 Å². The van der Waals surface area contributed by atoms with Crippen molar-refractivity contribution < 1.29 is 4.79 Å². The molecule has 0 heterocycles. The van der Waals surface area contributed by atoms with E-state index in [2.05, 4.69) is 80.6 Å². The second kappa shape index (κ2) is 21.5. The van der Waals surface area contributed by atoms with Gasteiger partial charge in [0, 0.05) is 17.8 Å². The van der Waals surface area contributed by atoms with E-state index in [4.69, 9.17) is 0 Å². The number of carbonyl (C=O) groups excluding carboxylic acids is 1. The van der Waals surface area contributed by atoms with Crippen LogP contribution in [0.3, 0.4) is 0 Å². The highest BCUT2D eigenvalue weighted by molar-refractivity contribution is 5.93. The molecule has 3 heteroatoms. The first-order valence-electron chi connectivity index (χ1n) is 14.8. The van der Waals surface area contributed by atoms with Gasteiger partial charge in [0.2, 0.25) is 5.91 Å². The van der Waals surface area contributed by atoms with Gasteiger partial charge in [-0.05, 0) is 87.6 Å². The van der Waals surface area contributed by atoms with Gasteiger partial charge in [-0.25, -0.2) is 0 Å². The number of rotatable bonds is 14. The highest BCUT2D eigenvalue weighted by atomic mass is 16.1. The van der Waals surface area contributed by atoms with Crippen molar-refractivity contribution in [1.29, 1.82) is 0 Å². The monoisotopic (exact) mass is 506 g/mol. The molecule has 1 aliphatic rings. The number of amides is 1. The third-order valence-corrected chi connectivity index (χ3v) is 6.86. The lowest BCUT2D eigenvalue weighted by molar-refractivity contribution is -0.117. The average molecular weight is 507 g/mol. The van der Waals surface area contributed by atoms with E-state index in [1.54, 1.807) is 6.08 Å². The Labute approximate surface area is 228 Å². The van der Waals surface area contributed by atoms with Crippen molar-refractivity contribution in [1.82, 2.24) is 10.6 Å². The van der Waals surface area contributed by atoms with Crippen LogP contribution in [-0.2, 0) is 11.2 Å². The third kappa shape index (κ3) is 15.3. The van der Waals surface area contributed by atoms with E-state index in [1.165, 1.54) is 55.4 Å². The van der Waals surface area contributed by atoms with E-state index < -0.39 is 0 Å². The zero-order chi connectivity index (χ0) is 27.1. The van der Waals surface area contributed by atoms with Crippen molar-refractivity contribution >= 4 is 5.91 Å². The number of allylic oxidation sites excluding steroid dienone is 5. The first-order valence-corrected chi connectivity index (χ1v) is 14.8. The van der Waals surface area contributed by atoms with E-state index >= 15 is 0 Å². The van der Waals surface area contributed by atoms with Gasteiger partial charge in [0.15, 0.2) is 0 Å². The smallest absolute Gasteiger partial charge is 0.247 e. The quantitative estimate of drug-likeness (QED) is 0.195. The lowest BCUT2D eigenvalue weighted by Crippen LogP contribution is -2.27. The largest absolute Gasteiger partial charge is 0.365 e. The number of nitrogens with one attached hydrogen (secondary N) is 2. The molecular weight excluding hydrogens is 452 g/mol. The van der Waals surface area contributed by atoms with Gasteiger partial charge in [-0.3, -0.25) is 4.79 Å². The molecule has 0 saturated carbocycles. The Balaban J connectivity index is 0.00000217. The highest BCUT2D eigenvalue weighted by Gasteiger charge is 2.14. The Morgan fingerprint density at radius 2 is 1.78 bits per heavy atom. The number of hydrogen-bond acceptors (Lipinski definition) is 2. The lowest BCUT2D eigenvalue weighted by atomic mass is 9.93. The molecule has 37 heavy (non-hydrogen) atoms. The maximum absolute atomic E-state index is 13.3. The molecular formula is C34H54N2O. The van der Waals surface area contributed by atoms with E-state index in [0.717, 1.165) is 50.5 Å². The van der Waals surface area contributed by atoms with E-state index in [-0.39, 0.29) is 5.91 Å². The summed E-state index contributed by atoms with van der Waals surface area (Å²) in [4.78, 5) is 13.3. The van der Waals surface area contributed by atoms with Crippen LogP contribution in [-0.4, -0.2) is 12.5 Å². The summed E-state index contributed by atoms with van der Waals surface area (Å²) in [5.41, 5.74) is 4.85. The van der Waals surface area contributed by atoms with Crippen LogP contribution in [0.1, 0.15) is 110 Å². The minimum Gasteiger partial charge on any atom is -0.365 e. The third-order valence-electron chi connectivity index (χ3n) is 6.86. The molecule has 0 aliphatic heterocycles. The molecule has 1 amide bonds. The Morgan fingerprint density at radius 1 is 1.08 bits per heavy atom. The summed E-state index contributed by atoms with van der Waals surface area (Å²) in [6, 6.07) is 10.4. The van der Waals surface area contributed by atoms with Gasteiger partial charge >= 0.3 is 0 Å². The molecule has 0 saturated heterocycles. The molecule has 0 fully saturated rings. The van der Waals surface area contributed by atoms with Crippen molar-refractivity contribution in [2.75, 3.05) is 6.54 Å². The van der Waals surface area contributed by atoms with Crippen molar-refractivity contribution in [2.45, 2.75) is 111 Å². The summed E-state index contributed by atoms with van der Waals surface area (Å²) < 4.78 is 0. The summed E-state index contributed by atoms with van der Waals surface area (Å²) in [6.07, 6.45) is 22.8. The lowest BCUT2D eigenvalue weighted by Gasteiger charge is -2.18. The summed E-state index contributed by atoms with van der Waals surface area (Å²) in [5, 5.41) is 6.80. The van der Waals surface area contributed by atoms with Crippen LogP contribution >= 0.6 is 0 Å². The Hall–Kier alpha value is -2.55. The normalized spacial score (nSPS) is 17.2. The zero-order valence-corrected chi connectivity index (χ0v) is 24.3. The molecule has 1 aliphatic carbocycles. The van der Waals surface area contributed by atoms with Gasteiger partial charge in [0.1, 0.15) is 0 Å². The van der Waals surface area contributed by atoms with Crippen molar-refractivity contribution in [3.63, 3.8) is 0 Å². The van der Waals surface area contributed by atoms with Gasteiger partial charge in [-0.15, -0.1) is 6.58 Å². The fourth-order valence-corrected chi connectivity index (χ4v) is 4.40. The van der Waals surface area contributed by atoms with Crippen LogP contribution in [0.5, 0.6) is 0 Å². The number of benzene rings is 1. The average Bonchev–Trinajstić information content (AvgIpc) is 2.89. The summed E-state index contributed by atoms with van der Waals surface area (Å²) in [6.45, 7) is 12.7. The maximum atomic E-state index is 13.3. The van der Waals surface area contributed by atoms with Crippen LogP contribution in [0, 0.1) is 5.92 Å². The topological polar surface area (TPSA) is 41.1 Å². The summed E-state index contributed by atoms with van der Waals surface area (Å²) >= 11 is 0. The van der Waals surface area contributed by atoms with Gasteiger partial charge in [-0.1, -0.05) is 95.4 Å². The molecule has 1 aromatic rings. The van der Waals surface area contributed by atoms with E-state index in [0.29, 0.717) is 12.5 Å². The van der Waals surface area contributed by atoms with Crippen LogP contribution < -0.4 is 10.6 Å². The van der Waals surface area contributed by atoms with Gasteiger partial charge in [0.25, 0.3) is 0 Å². The first kappa shape index (κ1) is 32.5. The summed E-state index contributed by atoms with van der Waals surface area (Å²) in [7, 11) is 0. The van der Waals surface area contributed by atoms with Crippen LogP contribution in [0.25, 0.3) is 0 Å². The number of unbranched alkanes of at least 4 members (excludes halogenated alkanes) is 1. The molecule has 2 rings (SSSR count). The van der Waals surface area contributed by atoms with Crippen molar-refractivity contribution in [3.8, 4) is 0 Å². The minimum absolute atomic E-state index is 0.107. The Bertz CT molecular complexity index is 835. The van der Waals surface area contributed by atoms with Crippen LogP contribution in [0.4, 0.5) is 0 Å². The highest BCUT2D eigenvalue weighted by Crippen LogP contribution is 2.25. The second-order valence-electron chi connectivity index (χ2n) is 10.2. The Kier molecular flexibility index (Phi) is 18.9. The predicted octanol–water partition coefficient (Wildman–Crippen LogP) is 9.19. The number of hydrogen-bond donors (Lipinski definition) is 2. The molecule has 1 atom stereocenters. The number of carbonyl (C=O) groups is 1. The zero-order valence-electron chi connectivity index (χ0n) is 24.3. The molecule has 0 bridgehead atoms. The van der Waals surface area contributed by atoms with Gasteiger partial charge < -0.3 is 10.6 Å². The maximum Gasteiger partial charge on any atom is 0.247 e. The van der Waals surface area contributed by atoms with Crippen molar-refractivity contribution in [2.24, 2.45) is 5.92 Å². The summed E-state index contributed by atoms with van der Waals surface area (Å²) in [5.74, 6) is 0.819. The minimum atomic E-state index is 0.107. The molecule has 0 spiro atoms.